The SMILES string of the molecule is CN=C(NCCC(C)(C)C)N1CCC(CC(=O)NC)CC1. The van der Waals surface area contributed by atoms with Gasteiger partial charge in [0.15, 0.2) is 5.96 Å². The number of nitrogens with one attached hydrogen (secondary N) is 2. The van der Waals surface area contributed by atoms with Crippen molar-refractivity contribution in [2.24, 2.45) is 16.3 Å². The van der Waals surface area contributed by atoms with Crippen molar-refractivity contribution in [3.8, 4) is 0 Å². The molecule has 0 aromatic carbocycles. The van der Waals surface area contributed by atoms with E-state index in [1.165, 1.54) is 0 Å². The largest absolute Gasteiger partial charge is 0.359 e. The van der Waals surface area contributed by atoms with Crippen LogP contribution in [0.1, 0.15) is 46.5 Å². The molecule has 122 valence electrons. The lowest BCUT2D eigenvalue weighted by atomic mass is 9.92. The molecule has 0 aromatic heterocycles. The molecule has 0 unspecified atom stereocenters. The minimum Gasteiger partial charge on any atom is -0.359 e. The molecule has 0 spiro atoms. The summed E-state index contributed by atoms with van der Waals surface area (Å²) < 4.78 is 0. The Labute approximate surface area is 129 Å². The Morgan fingerprint density at radius 2 is 1.90 bits per heavy atom. The van der Waals surface area contributed by atoms with Crippen LogP contribution in [-0.4, -0.2) is 50.5 Å². The van der Waals surface area contributed by atoms with Crippen LogP contribution in [0.25, 0.3) is 0 Å². The number of guanidine groups is 1. The molecule has 5 nitrogen and oxygen atoms in total. The average Bonchev–Trinajstić information content (AvgIpc) is 2.43. The molecule has 1 fully saturated rings. The number of hydrogen-bond donors (Lipinski definition) is 2. The van der Waals surface area contributed by atoms with Crippen molar-refractivity contribution >= 4 is 11.9 Å². The summed E-state index contributed by atoms with van der Waals surface area (Å²) in [6.45, 7) is 9.67. The van der Waals surface area contributed by atoms with Crippen LogP contribution in [0, 0.1) is 11.3 Å². The Morgan fingerprint density at radius 3 is 2.38 bits per heavy atom. The van der Waals surface area contributed by atoms with Crippen molar-refractivity contribution in [1.29, 1.82) is 0 Å². The van der Waals surface area contributed by atoms with Crippen LogP contribution in [0.3, 0.4) is 0 Å². The molecule has 1 saturated heterocycles. The summed E-state index contributed by atoms with van der Waals surface area (Å²) in [5.41, 5.74) is 0.340. The van der Waals surface area contributed by atoms with E-state index in [1.807, 2.05) is 7.05 Å². The number of hydrogen-bond acceptors (Lipinski definition) is 2. The van der Waals surface area contributed by atoms with Gasteiger partial charge in [-0.1, -0.05) is 20.8 Å². The Bertz CT molecular complexity index is 352. The van der Waals surface area contributed by atoms with Crippen LogP contribution in [-0.2, 0) is 4.79 Å². The second-order valence-corrected chi connectivity index (χ2v) is 7.09. The van der Waals surface area contributed by atoms with Gasteiger partial charge in [-0.3, -0.25) is 9.79 Å². The van der Waals surface area contributed by atoms with Gasteiger partial charge in [-0.15, -0.1) is 0 Å². The number of rotatable bonds is 4. The van der Waals surface area contributed by atoms with E-state index >= 15 is 0 Å². The Hall–Kier alpha value is -1.26. The number of likely N-dealkylation sites (tertiary alicyclic amines) is 1. The highest BCUT2D eigenvalue weighted by Gasteiger charge is 2.23. The molecule has 0 aromatic rings. The van der Waals surface area contributed by atoms with Gasteiger partial charge in [-0.2, -0.15) is 0 Å². The maximum absolute atomic E-state index is 11.4. The zero-order valence-electron chi connectivity index (χ0n) is 14.3. The molecule has 0 saturated carbocycles. The maximum Gasteiger partial charge on any atom is 0.220 e. The van der Waals surface area contributed by atoms with Gasteiger partial charge in [-0.25, -0.2) is 0 Å². The van der Waals surface area contributed by atoms with Gasteiger partial charge in [-0.05, 0) is 30.6 Å². The van der Waals surface area contributed by atoms with E-state index < -0.39 is 0 Å². The highest BCUT2D eigenvalue weighted by atomic mass is 16.1. The molecule has 1 rings (SSSR count). The molecule has 0 bridgehead atoms. The van der Waals surface area contributed by atoms with Gasteiger partial charge < -0.3 is 15.5 Å². The third-order valence-corrected chi connectivity index (χ3v) is 4.04. The van der Waals surface area contributed by atoms with Gasteiger partial charge in [0.25, 0.3) is 0 Å². The molecule has 21 heavy (non-hydrogen) atoms. The molecule has 2 N–H and O–H groups in total. The normalized spacial score (nSPS) is 17.8. The van der Waals surface area contributed by atoms with Gasteiger partial charge in [0.1, 0.15) is 0 Å². The van der Waals surface area contributed by atoms with Crippen molar-refractivity contribution in [1.82, 2.24) is 15.5 Å². The summed E-state index contributed by atoms with van der Waals surface area (Å²) in [5.74, 6) is 1.66. The van der Waals surface area contributed by atoms with Gasteiger partial charge >= 0.3 is 0 Å². The van der Waals surface area contributed by atoms with Crippen LogP contribution in [0.5, 0.6) is 0 Å². The fraction of sp³-hybridized carbons (Fsp3) is 0.875. The second kappa shape index (κ2) is 8.25. The van der Waals surface area contributed by atoms with E-state index in [2.05, 4.69) is 41.3 Å². The van der Waals surface area contributed by atoms with Crippen molar-refractivity contribution < 1.29 is 4.79 Å². The maximum atomic E-state index is 11.4. The van der Waals surface area contributed by atoms with Crippen molar-refractivity contribution in [3.63, 3.8) is 0 Å². The first-order valence-corrected chi connectivity index (χ1v) is 8.02. The lowest BCUT2D eigenvalue weighted by Gasteiger charge is -2.34. The first-order chi connectivity index (χ1) is 9.85. The molecule has 0 atom stereocenters. The molecule has 0 radical (unpaired) electrons. The summed E-state index contributed by atoms with van der Waals surface area (Å²) in [4.78, 5) is 18.1. The fourth-order valence-electron chi connectivity index (χ4n) is 2.59. The van der Waals surface area contributed by atoms with E-state index in [4.69, 9.17) is 0 Å². The molecule has 5 heteroatoms. The van der Waals surface area contributed by atoms with E-state index in [0.717, 1.165) is 44.9 Å². The van der Waals surface area contributed by atoms with Crippen molar-refractivity contribution in [3.05, 3.63) is 0 Å². The number of amides is 1. The predicted octanol–water partition coefficient (Wildman–Crippen LogP) is 1.85. The van der Waals surface area contributed by atoms with Crippen LogP contribution in [0.2, 0.25) is 0 Å². The van der Waals surface area contributed by atoms with Gasteiger partial charge in [0.2, 0.25) is 5.91 Å². The van der Waals surface area contributed by atoms with Crippen LogP contribution in [0.15, 0.2) is 4.99 Å². The number of piperidine rings is 1. The molecule has 1 amide bonds. The smallest absolute Gasteiger partial charge is 0.220 e. The summed E-state index contributed by atoms with van der Waals surface area (Å²) in [5, 5.41) is 6.17. The van der Waals surface area contributed by atoms with Crippen LogP contribution < -0.4 is 10.6 Å². The monoisotopic (exact) mass is 296 g/mol. The quantitative estimate of drug-likeness (QED) is 0.615. The van der Waals surface area contributed by atoms with E-state index in [0.29, 0.717) is 17.8 Å². The highest BCUT2D eigenvalue weighted by Crippen LogP contribution is 2.21. The summed E-state index contributed by atoms with van der Waals surface area (Å²) >= 11 is 0. The molecule has 0 aliphatic carbocycles. The molecular formula is C16H32N4O. The van der Waals surface area contributed by atoms with E-state index in [9.17, 15) is 4.79 Å². The minimum atomic E-state index is 0.154. The summed E-state index contributed by atoms with van der Waals surface area (Å²) in [6, 6.07) is 0. The van der Waals surface area contributed by atoms with E-state index in [-0.39, 0.29) is 5.91 Å². The fourth-order valence-corrected chi connectivity index (χ4v) is 2.59. The summed E-state index contributed by atoms with van der Waals surface area (Å²) in [7, 11) is 3.55. The number of nitrogens with zero attached hydrogens (tertiary/aromatic N) is 2. The van der Waals surface area contributed by atoms with Crippen LogP contribution >= 0.6 is 0 Å². The van der Waals surface area contributed by atoms with Crippen molar-refractivity contribution in [2.45, 2.75) is 46.5 Å². The predicted molar refractivity (Wildman–Crippen MR) is 88.4 cm³/mol. The van der Waals surface area contributed by atoms with Gasteiger partial charge in [0.05, 0.1) is 0 Å². The molecule has 1 aliphatic rings. The minimum absolute atomic E-state index is 0.154. The second-order valence-electron chi connectivity index (χ2n) is 7.09. The lowest BCUT2D eigenvalue weighted by Crippen LogP contribution is -2.46. The topological polar surface area (TPSA) is 56.7 Å². The number of carbonyl (C=O) groups excluding carboxylic acids is 1. The molecular weight excluding hydrogens is 264 g/mol. The van der Waals surface area contributed by atoms with Crippen molar-refractivity contribution in [2.75, 3.05) is 33.7 Å². The molecule has 1 aliphatic heterocycles. The Morgan fingerprint density at radius 1 is 1.29 bits per heavy atom. The zero-order valence-corrected chi connectivity index (χ0v) is 14.3. The van der Waals surface area contributed by atoms with Gasteiger partial charge in [0, 0.05) is 40.2 Å². The third kappa shape index (κ3) is 6.82. The standard InChI is InChI=1S/C16H32N4O/c1-16(2,3)8-9-19-15(18-5)20-10-6-13(7-11-20)12-14(21)17-4/h13H,6-12H2,1-5H3,(H,17,21)(H,18,19). The third-order valence-electron chi connectivity index (χ3n) is 4.04. The number of aliphatic imine (C=N–C) groups is 1. The zero-order chi connectivity index (χ0) is 15.9. The average molecular weight is 296 g/mol. The number of carbonyl (C=O) groups is 1. The Balaban J connectivity index is 2.35. The molecule has 1 heterocycles. The van der Waals surface area contributed by atoms with E-state index in [1.54, 1.807) is 7.05 Å². The highest BCUT2D eigenvalue weighted by molar-refractivity contribution is 5.80. The van der Waals surface area contributed by atoms with Crippen LogP contribution in [0.4, 0.5) is 0 Å². The lowest BCUT2D eigenvalue weighted by molar-refractivity contribution is -0.121. The first-order valence-electron chi connectivity index (χ1n) is 8.02. The Kier molecular flexibility index (Phi) is 6.99. The first kappa shape index (κ1) is 17.8. The summed E-state index contributed by atoms with van der Waals surface area (Å²) in [6.07, 6.45) is 3.90.